The number of halogens is 1. The largest absolute Gasteiger partial charge is 0.375 e. The Labute approximate surface area is 117 Å². The molecular formula is C12H16ClNO4S. The van der Waals surface area contributed by atoms with E-state index in [0.717, 1.165) is 0 Å². The first-order valence-electron chi connectivity index (χ1n) is 5.66. The van der Waals surface area contributed by atoms with Crippen molar-refractivity contribution in [2.75, 3.05) is 19.0 Å². The first-order valence-corrected chi connectivity index (χ1v) is 7.97. The number of amides is 1. The third-order valence-electron chi connectivity index (χ3n) is 2.59. The zero-order valence-corrected chi connectivity index (χ0v) is 12.6. The Hall–Kier alpha value is -1.11. The molecule has 0 aliphatic carbocycles. The number of aryl methyl sites for hydroxylation is 2. The molecule has 1 rings (SSSR count). The monoisotopic (exact) mass is 305 g/mol. The summed E-state index contributed by atoms with van der Waals surface area (Å²) in [5.41, 5.74) is 1.96. The Bertz CT molecular complexity index is 584. The van der Waals surface area contributed by atoms with Crippen molar-refractivity contribution in [2.45, 2.75) is 25.2 Å². The predicted octanol–water partition coefficient (Wildman–Crippen LogP) is 2.07. The number of hydrogen-bond donors (Lipinski definition) is 1. The second kappa shape index (κ2) is 6.36. The molecule has 0 saturated carbocycles. The Morgan fingerprint density at radius 3 is 2.53 bits per heavy atom. The maximum atomic E-state index is 11.5. The minimum atomic E-state index is -3.78. The first-order chi connectivity index (χ1) is 8.79. The second-order valence-electron chi connectivity index (χ2n) is 4.05. The van der Waals surface area contributed by atoms with E-state index in [-0.39, 0.29) is 17.4 Å². The van der Waals surface area contributed by atoms with Gasteiger partial charge in [0.05, 0.1) is 4.90 Å². The van der Waals surface area contributed by atoms with Crippen LogP contribution in [0.4, 0.5) is 5.69 Å². The molecule has 1 amide bonds. The van der Waals surface area contributed by atoms with Gasteiger partial charge in [0.15, 0.2) is 0 Å². The summed E-state index contributed by atoms with van der Waals surface area (Å²) < 4.78 is 27.4. The topological polar surface area (TPSA) is 72.5 Å². The van der Waals surface area contributed by atoms with Crippen molar-refractivity contribution in [1.82, 2.24) is 0 Å². The van der Waals surface area contributed by atoms with Gasteiger partial charge in [-0.1, -0.05) is 6.92 Å². The van der Waals surface area contributed by atoms with Gasteiger partial charge in [0.1, 0.15) is 6.61 Å². The maximum absolute atomic E-state index is 11.5. The van der Waals surface area contributed by atoms with E-state index < -0.39 is 9.05 Å². The summed E-state index contributed by atoms with van der Waals surface area (Å²) in [4.78, 5) is 11.6. The molecule has 0 heterocycles. The van der Waals surface area contributed by atoms with Gasteiger partial charge in [-0.15, -0.1) is 0 Å². The van der Waals surface area contributed by atoms with Crippen molar-refractivity contribution < 1.29 is 17.9 Å². The molecule has 0 spiro atoms. The molecule has 19 heavy (non-hydrogen) atoms. The van der Waals surface area contributed by atoms with E-state index in [1.165, 1.54) is 19.2 Å². The summed E-state index contributed by atoms with van der Waals surface area (Å²) in [6, 6.07) is 2.90. The number of carbonyl (C=O) groups is 1. The lowest BCUT2D eigenvalue weighted by Gasteiger charge is -2.14. The molecule has 1 aromatic carbocycles. The molecule has 0 radical (unpaired) electrons. The highest BCUT2D eigenvalue weighted by atomic mass is 35.7. The Morgan fingerprint density at radius 1 is 1.42 bits per heavy atom. The molecule has 0 aliphatic rings. The highest BCUT2D eigenvalue weighted by molar-refractivity contribution is 8.13. The molecule has 0 fully saturated rings. The van der Waals surface area contributed by atoms with Crippen LogP contribution in [-0.4, -0.2) is 28.0 Å². The van der Waals surface area contributed by atoms with Gasteiger partial charge in [0.2, 0.25) is 5.91 Å². The number of carbonyl (C=O) groups excluding carboxylic acids is 1. The first kappa shape index (κ1) is 15.9. The molecule has 0 atom stereocenters. The molecule has 106 valence electrons. The van der Waals surface area contributed by atoms with Gasteiger partial charge in [-0.3, -0.25) is 4.79 Å². The highest BCUT2D eigenvalue weighted by Gasteiger charge is 2.16. The number of ether oxygens (including phenoxy) is 1. The van der Waals surface area contributed by atoms with Crippen molar-refractivity contribution in [2.24, 2.45) is 0 Å². The van der Waals surface area contributed by atoms with Crippen LogP contribution in [0.5, 0.6) is 0 Å². The van der Waals surface area contributed by atoms with Gasteiger partial charge >= 0.3 is 0 Å². The van der Waals surface area contributed by atoms with Crippen molar-refractivity contribution in [3.63, 3.8) is 0 Å². The van der Waals surface area contributed by atoms with Gasteiger partial charge in [0, 0.05) is 23.5 Å². The van der Waals surface area contributed by atoms with Crippen LogP contribution >= 0.6 is 10.7 Å². The van der Waals surface area contributed by atoms with E-state index in [1.807, 2.05) is 6.92 Å². The van der Waals surface area contributed by atoms with Gasteiger partial charge in [-0.05, 0) is 36.6 Å². The van der Waals surface area contributed by atoms with Crippen LogP contribution in [-0.2, 0) is 25.0 Å². The zero-order valence-electron chi connectivity index (χ0n) is 11.0. The third kappa shape index (κ3) is 4.19. The van der Waals surface area contributed by atoms with Crippen molar-refractivity contribution in [3.8, 4) is 0 Å². The van der Waals surface area contributed by atoms with Crippen molar-refractivity contribution >= 4 is 31.3 Å². The molecule has 5 nitrogen and oxygen atoms in total. The van der Waals surface area contributed by atoms with Crippen LogP contribution in [0.2, 0.25) is 0 Å². The fraction of sp³-hybridized carbons (Fsp3) is 0.417. The quantitative estimate of drug-likeness (QED) is 0.845. The van der Waals surface area contributed by atoms with Crippen LogP contribution in [0.3, 0.4) is 0 Å². The molecule has 0 aliphatic heterocycles. The highest BCUT2D eigenvalue weighted by Crippen LogP contribution is 2.27. The summed E-state index contributed by atoms with van der Waals surface area (Å²) in [6.07, 6.45) is 0.573. The molecule has 1 aromatic rings. The van der Waals surface area contributed by atoms with Crippen LogP contribution in [0, 0.1) is 6.92 Å². The molecule has 7 heteroatoms. The SMILES string of the molecule is CCc1cc(S(=O)(=O)Cl)cc(C)c1NC(=O)COC. The number of nitrogens with one attached hydrogen (secondary N) is 1. The zero-order chi connectivity index (χ0) is 14.6. The minimum Gasteiger partial charge on any atom is -0.375 e. The molecule has 0 saturated heterocycles. The summed E-state index contributed by atoms with van der Waals surface area (Å²) >= 11 is 0. The minimum absolute atomic E-state index is 0.0354. The van der Waals surface area contributed by atoms with Crippen LogP contribution in [0.25, 0.3) is 0 Å². The number of anilines is 1. The van der Waals surface area contributed by atoms with Crippen LogP contribution < -0.4 is 5.32 Å². The van der Waals surface area contributed by atoms with E-state index in [4.69, 9.17) is 15.4 Å². The van der Waals surface area contributed by atoms with Crippen molar-refractivity contribution in [3.05, 3.63) is 23.3 Å². The molecule has 0 unspecified atom stereocenters. The van der Waals surface area contributed by atoms with Gasteiger partial charge in [-0.2, -0.15) is 0 Å². The van der Waals surface area contributed by atoms with E-state index >= 15 is 0 Å². The van der Waals surface area contributed by atoms with E-state index in [1.54, 1.807) is 6.92 Å². The maximum Gasteiger partial charge on any atom is 0.261 e. The smallest absolute Gasteiger partial charge is 0.261 e. The fourth-order valence-electron chi connectivity index (χ4n) is 1.73. The Kier molecular flexibility index (Phi) is 5.34. The molecule has 1 N–H and O–H groups in total. The number of benzene rings is 1. The number of rotatable bonds is 5. The molecular weight excluding hydrogens is 290 g/mol. The number of methoxy groups -OCH3 is 1. The molecule has 0 bridgehead atoms. The lowest BCUT2D eigenvalue weighted by molar-refractivity contribution is -0.119. The van der Waals surface area contributed by atoms with E-state index in [9.17, 15) is 13.2 Å². The number of hydrogen-bond acceptors (Lipinski definition) is 4. The third-order valence-corrected chi connectivity index (χ3v) is 3.93. The van der Waals surface area contributed by atoms with Gasteiger partial charge in [-0.25, -0.2) is 8.42 Å². The standard InChI is InChI=1S/C12H16ClNO4S/c1-4-9-6-10(19(13,16)17)5-8(2)12(9)14-11(15)7-18-3/h5-6H,4,7H2,1-3H3,(H,14,15). The summed E-state index contributed by atoms with van der Waals surface area (Å²) in [6.45, 7) is 3.52. The average molecular weight is 306 g/mol. The van der Waals surface area contributed by atoms with Gasteiger partial charge in [0.25, 0.3) is 9.05 Å². The predicted molar refractivity (Wildman–Crippen MR) is 74.1 cm³/mol. The van der Waals surface area contributed by atoms with Crippen molar-refractivity contribution in [1.29, 1.82) is 0 Å². The molecule has 0 aromatic heterocycles. The van der Waals surface area contributed by atoms with Gasteiger partial charge < -0.3 is 10.1 Å². The Balaban J connectivity index is 3.23. The van der Waals surface area contributed by atoms with E-state index in [0.29, 0.717) is 23.2 Å². The van der Waals surface area contributed by atoms with E-state index in [2.05, 4.69) is 5.32 Å². The summed E-state index contributed by atoms with van der Waals surface area (Å²) in [7, 11) is 2.98. The second-order valence-corrected chi connectivity index (χ2v) is 6.61. The normalized spacial score (nSPS) is 11.4. The lowest BCUT2D eigenvalue weighted by atomic mass is 10.1. The summed E-state index contributed by atoms with van der Waals surface area (Å²) in [5, 5.41) is 2.71. The summed E-state index contributed by atoms with van der Waals surface area (Å²) in [5.74, 6) is -0.290. The Morgan fingerprint density at radius 2 is 2.05 bits per heavy atom. The fourth-order valence-corrected chi connectivity index (χ4v) is 2.60. The van der Waals surface area contributed by atoms with Crippen LogP contribution in [0.15, 0.2) is 17.0 Å². The lowest BCUT2D eigenvalue weighted by Crippen LogP contribution is -2.19. The average Bonchev–Trinajstić information content (AvgIpc) is 2.30. The van der Waals surface area contributed by atoms with Crippen LogP contribution in [0.1, 0.15) is 18.1 Å².